The average Bonchev–Trinajstić information content (AvgIpc) is 2.25. The molecule has 16 heavy (non-hydrogen) atoms. The van der Waals surface area contributed by atoms with Gasteiger partial charge in [0, 0.05) is 12.0 Å². The molecule has 0 amide bonds. The number of aryl methyl sites for hydroxylation is 1. The molecule has 3 heteroatoms. The molecule has 1 N–H and O–H groups in total. The summed E-state index contributed by atoms with van der Waals surface area (Å²) in [5.74, 6) is -1.57. The highest BCUT2D eigenvalue weighted by Gasteiger charge is 2.19. The Bertz CT molecular complexity index is 396. The van der Waals surface area contributed by atoms with Crippen molar-refractivity contribution in [2.45, 2.75) is 26.7 Å². The topological polar surface area (TPSA) is 54.4 Å². The van der Waals surface area contributed by atoms with Crippen molar-refractivity contribution in [3.05, 3.63) is 35.4 Å². The molecule has 1 rings (SSSR count). The van der Waals surface area contributed by atoms with E-state index in [2.05, 4.69) is 0 Å². The van der Waals surface area contributed by atoms with Crippen LogP contribution in [-0.4, -0.2) is 16.9 Å². The van der Waals surface area contributed by atoms with Gasteiger partial charge >= 0.3 is 5.97 Å². The summed E-state index contributed by atoms with van der Waals surface area (Å²) in [5.41, 5.74) is 1.61. The second-order valence-corrected chi connectivity index (χ2v) is 3.94. The number of hydrogen-bond donors (Lipinski definition) is 1. The van der Waals surface area contributed by atoms with E-state index in [1.807, 2.05) is 19.1 Å². The molecule has 0 bridgehead atoms. The van der Waals surface area contributed by atoms with Crippen molar-refractivity contribution in [3.8, 4) is 0 Å². The molecular formula is C13H16O3. The van der Waals surface area contributed by atoms with Crippen LogP contribution in [-0.2, 0) is 4.79 Å². The van der Waals surface area contributed by atoms with Crippen LogP contribution in [0.15, 0.2) is 24.3 Å². The number of hydrogen-bond acceptors (Lipinski definition) is 2. The molecule has 0 heterocycles. The molecule has 1 aromatic carbocycles. The lowest BCUT2D eigenvalue weighted by Gasteiger charge is -2.08. The van der Waals surface area contributed by atoms with Crippen LogP contribution in [0.25, 0.3) is 0 Å². The van der Waals surface area contributed by atoms with E-state index in [0.29, 0.717) is 12.0 Å². The van der Waals surface area contributed by atoms with Crippen molar-refractivity contribution in [1.82, 2.24) is 0 Å². The summed E-state index contributed by atoms with van der Waals surface area (Å²) in [7, 11) is 0. The van der Waals surface area contributed by atoms with Gasteiger partial charge in [-0.2, -0.15) is 0 Å². The second kappa shape index (κ2) is 5.45. The zero-order valence-corrected chi connectivity index (χ0v) is 9.56. The Morgan fingerprint density at radius 3 is 2.56 bits per heavy atom. The van der Waals surface area contributed by atoms with Gasteiger partial charge < -0.3 is 5.11 Å². The third kappa shape index (κ3) is 3.19. The number of aliphatic carboxylic acids is 1. The van der Waals surface area contributed by atoms with Gasteiger partial charge in [0.2, 0.25) is 0 Å². The number of benzene rings is 1. The van der Waals surface area contributed by atoms with Crippen LogP contribution >= 0.6 is 0 Å². The first-order valence-electron chi connectivity index (χ1n) is 5.37. The third-order valence-corrected chi connectivity index (χ3v) is 2.61. The second-order valence-electron chi connectivity index (χ2n) is 3.94. The average molecular weight is 220 g/mol. The van der Waals surface area contributed by atoms with E-state index in [9.17, 15) is 9.59 Å². The Morgan fingerprint density at radius 1 is 1.38 bits per heavy atom. The maximum atomic E-state index is 11.8. The number of rotatable bonds is 5. The van der Waals surface area contributed by atoms with Crippen LogP contribution in [0.4, 0.5) is 0 Å². The van der Waals surface area contributed by atoms with E-state index < -0.39 is 11.9 Å². The van der Waals surface area contributed by atoms with Crippen LogP contribution < -0.4 is 0 Å². The van der Waals surface area contributed by atoms with Crippen molar-refractivity contribution in [2.24, 2.45) is 5.92 Å². The number of carboxylic acid groups (broad SMARTS) is 1. The molecular weight excluding hydrogens is 204 g/mol. The highest BCUT2D eigenvalue weighted by Crippen LogP contribution is 2.14. The molecule has 1 aromatic rings. The summed E-state index contributed by atoms with van der Waals surface area (Å²) in [6.45, 7) is 3.69. The Balaban J connectivity index is 2.75. The lowest BCUT2D eigenvalue weighted by molar-refractivity contribution is -0.141. The van der Waals surface area contributed by atoms with Crippen LogP contribution in [0.1, 0.15) is 35.7 Å². The summed E-state index contributed by atoms with van der Waals surface area (Å²) < 4.78 is 0. The van der Waals surface area contributed by atoms with E-state index in [-0.39, 0.29) is 12.2 Å². The van der Waals surface area contributed by atoms with Crippen molar-refractivity contribution in [2.75, 3.05) is 0 Å². The minimum absolute atomic E-state index is 0.0787. The van der Waals surface area contributed by atoms with E-state index in [0.717, 1.165) is 5.56 Å². The molecule has 0 aromatic heterocycles. The van der Waals surface area contributed by atoms with E-state index in [4.69, 9.17) is 5.11 Å². The fourth-order valence-corrected chi connectivity index (χ4v) is 1.57. The van der Waals surface area contributed by atoms with Crippen molar-refractivity contribution >= 4 is 11.8 Å². The van der Waals surface area contributed by atoms with Gasteiger partial charge in [0.25, 0.3) is 0 Å². The predicted molar refractivity (Wildman–Crippen MR) is 61.5 cm³/mol. The molecule has 0 saturated carbocycles. The Labute approximate surface area is 95.1 Å². The summed E-state index contributed by atoms with van der Waals surface area (Å²) in [6, 6.07) is 7.23. The van der Waals surface area contributed by atoms with Gasteiger partial charge in [-0.1, -0.05) is 30.7 Å². The Hall–Kier alpha value is -1.64. The van der Waals surface area contributed by atoms with Gasteiger partial charge in [-0.3, -0.25) is 9.59 Å². The van der Waals surface area contributed by atoms with Gasteiger partial charge in [-0.05, 0) is 19.4 Å². The van der Waals surface area contributed by atoms with Gasteiger partial charge in [0.15, 0.2) is 5.78 Å². The Kier molecular flexibility index (Phi) is 4.23. The number of ketones is 1. The Morgan fingerprint density at radius 2 is 2.06 bits per heavy atom. The van der Waals surface area contributed by atoms with Gasteiger partial charge in [-0.15, -0.1) is 0 Å². The first-order valence-corrected chi connectivity index (χ1v) is 5.37. The van der Waals surface area contributed by atoms with Crippen LogP contribution in [0.2, 0.25) is 0 Å². The molecule has 0 saturated heterocycles. The van der Waals surface area contributed by atoms with E-state index in [1.54, 1.807) is 19.1 Å². The zero-order valence-electron chi connectivity index (χ0n) is 9.56. The molecule has 1 atom stereocenters. The number of carbonyl (C=O) groups excluding carboxylic acids is 1. The van der Waals surface area contributed by atoms with Crippen LogP contribution in [0, 0.1) is 12.8 Å². The maximum Gasteiger partial charge on any atom is 0.306 e. The number of carboxylic acids is 1. The SMILES string of the molecule is CCC(CC(=O)c1cccc(C)c1)C(=O)O. The number of carbonyl (C=O) groups is 2. The summed E-state index contributed by atoms with van der Waals surface area (Å²) in [4.78, 5) is 22.6. The van der Waals surface area contributed by atoms with E-state index >= 15 is 0 Å². The van der Waals surface area contributed by atoms with Gasteiger partial charge in [0.05, 0.1) is 5.92 Å². The zero-order chi connectivity index (χ0) is 12.1. The van der Waals surface area contributed by atoms with Crippen molar-refractivity contribution < 1.29 is 14.7 Å². The summed E-state index contributed by atoms with van der Waals surface area (Å²) >= 11 is 0. The third-order valence-electron chi connectivity index (χ3n) is 2.61. The fraction of sp³-hybridized carbons (Fsp3) is 0.385. The standard InChI is InChI=1S/C13H16O3/c1-3-10(13(15)16)8-12(14)11-6-4-5-9(2)7-11/h4-7,10H,3,8H2,1-2H3,(H,15,16). The largest absolute Gasteiger partial charge is 0.481 e. The monoisotopic (exact) mass is 220 g/mol. The summed E-state index contributed by atoms with van der Waals surface area (Å²) in [5, 5.41) is 8.87. The summed E-state index contributed by atoms with van der Waals surface area (Å²) in [6.07, 6.45) is 0.558. The first kappa shape index (κ1) is 12.4. The van der Waals surface area contributed by atoms with Gasteiger partial charge in [0.1, 0.15) is 0 Å². The smallest absolute Gasteiger partial charge is 0.306 e. The quantitative estimate of drug-likeness (QED) is 0.776. The highest BCUT2D eigenvalue weighted by molar-refractivity contribution is 5.98. The van der Waals surface area contributed by atoms with Crippen LogP contribution in [0.5, 0.6) is 0 Å². The molecule has 0 fully saturated rings. The normalized spacial score (nSPS) is 12.1. The first-order chi connectivity index (χ1) is 7.54. The molecule has 0 aliphatic carbocycles. The molecule has 3 nitrogen and oxygen atoms in total. The molecule has 0 aliphatic heterocycles. The minimum Gasteiger partial charge on any atom is -0.481 e. The minimum atomic E-state index is -0.900. The molecule has 0 radical (unpaired) electrons. The molecule has 0 spiro atoms. The highest BCUT2D eigenvalue weighted by atomic mass is 16.4. The van der Waals surface area contributed by atoms with Gasteiger partial charge in [-0.25, -0.2) is 0 Å². The number of Topliss-reactive ketones (excluding diaryl/α,β-unsaturated/α-hetero) is 1. The molecule has 0 aliphatic rings. The van der Waals surface area contributed by atoms with E-state index in [1.165, 1.54) is 0 Å². The van der Waals surface area contributed by atoms with Crippen molar-refractivity contribution in [1.29, 1.82) is 0 Å². The maximum absolute atomic E-state index is 11.8. The molecule has 86 valence electrons. The predicted octanol–water partition coefficient (Wildman–Crippen LogP) is 2.68. The lowest BCUT2D eigenvalue weighted by atomic mass is 9.95. The van der Waals surface area contributed by atoms with Crippen LogP contribution in [0.3, 0.4) is 0 Å². The fourth-order valence-electron chi connectivity index (χ4n) is 1.57. The molecule has 1 unspecified atom stereocenters. The van der Waals surface area contributed by atoms with Crippen molar-refractivity contribution in [3.63, 3.8) is 0 Å². The lowest BCUT2D eigenvalue weighted by Crippen LogP contribution is -2.17.